The summed E-state index contributed by atoms with van der Waals surface area (Å²) in [6.45, 7) is 8.26. The summed E-state index contributed by atoms with van der Waals surface area (Å²) in [5, 5.41) is 18.6. The van der Waals surface area contributed by atoms with Gasteiger partial charge in [0, 0.05) is 43.2 Å². The number of hydrogen-bond acceptors (Lipinski definition) is 6. The SMILES string of the molecule is C=C(C(N)=O)c1ccc(N2CCC(c3cc(-c4cnn(CC)c4)cn4ncc(C#N)c34)CC2)cn1. The number of primary amides is 1. The molecular weight excluding hydrogens is 440 g/mol. The maximum Gasteiger partial charge on any atom is 0.250 e. The topological polar surface area (TPSA) is 118 Å². The number of amides is 1. The summed E-state index contributed by atoms with van der Waals surface area (Å²) in [6, 6.07) is 8.23. The Bertz CT molecular complexity index is 1450. The molecule has 1 amide bonds. The number of carbonyl (C=O) groups excluding carboxylic acids is 1. The Hall–Kier alpha value is -4.45. The van der Waals surface area contributed by atoms with Crippen LogP contribution < -0.4 is 10.6 Å². The van der Waals surface area contributed by atoms with E-state index in [-0.39, 0.29) is 5.57 Å². The number of nitriles is 1. The summed E-state index contributed by atoms with van der Waals surface area (Å²) in [7, 11) is 0. The van der Waals surface area contributed by atoms with E-state index in [1.54, 1.807) is 18.5 Å². The van der Waals surface area contributed by atoms with Gasteiger partial charge in [0.05, 0.1) is 46.6 Å². The van der Waals surface area contributed by atoms with Gasteiger partial charge in [0.15, 0.2) is 0 Å². The van der Waals surface area contributed by atoms with Gasteiger partial charge in [-0.15, -0.1) is 0 Å². The third-order valence-corrected chi connectivity index (χ3v) is 6.71. The lowest BCUT2D eigenvalue weighted by molar-refractivity contribution is -0.112. The van der Waals surface area contributed by atoms with E-state index in [0.717, 1.165) is 60.4 Å². The molecule has 176 valence electrons. The van der Waals surface area contributed by atoms with Gasteiger partial charge < -0.3 is 10.6 Å². The molecule has 1 fully saturated rings. The van der Waals surface area contributed by atoms with Gasteiger partial charge in [-0.05, 0) is 49.4 Å². The number of nitrogens with two attached hydrogens (primary N) is 1. The van der Waals surface area contributed by atoms with Crippen molar-refractivity contribution in [1.29, 1.82) is 5.26 Å². The van der Waals surface area contributed by atoms with Crippen LogP contribution in [0.25, 0.3) is 22.2 Å². The fraction of sp³-hybridized carbons (Fsp3) is 0.269. The fourth-order valence-electron chi connectivity index (χ4n) is 4.72. The van der Waals surface area contributed by atoms with Crippen LogP contribution in [0.1, 0.15) is 42.5 Å². The van der Waals surface area contributed by atoms with Crippen molar-refractivity contribution in [3.63, 3.8) is 0 Å². The molecule has 0 aliphatic carbocycles. The van der Waals surface area contributed by atoms with Gasteiger partial charge in [0.1, 0.15) is 6.07 Å². The lowest BCUT2D eigenvalue weighted by Crippen LogP contribution is -2.33. The van der Waals surface area contributed by atoms with Gasteiger partial charge in [-0.1, -0.05) is 6.58 Å². The number of carbonyl (C=O) groups is 1. The van der Waals surface area contributed by atoms with E-state index in [0.29, 0.717) is 17.2 Å². The first-order valence-electron chi connectivity index (χ1n) is 11.6. The van der Waals surface area contributed by atoms with Crippen molar-refractivity contribution in [2.24, 2.45) is 5.73 Å². The highest BCUT2D eigenvalue weighted by Gasteiger charge is 2.25. The molecule has 9 heteroatoms. The van der Waals surface area contributed by atoms with Crippen LogP contribution in [-0.2, 0) is 11.3 Å². The standard InChI is InChI=1S/C26H26N8O/c1-3-33-15-21(13-30-33)19-10-23(25-20(11-27)12-31-34(25)16-19)18-6-8-32(9-7-18)22-4-5-24(29-14-22)17(2)26(28)35/h4-5,10,12-16,18H,2-3,6-9H2,1H3,(H2,28,35). The average molecular weight is 467 g/mol. The van der Waals surface area contributed by atoms with E-state index in [1.807, 2.05) is 33.9 Å². The highest BCUT2D eigenvalue weighted by Crippen LogP contribution is 2.36. The zero-order valence-corrected chi connectivity index (χ0v) is 19.6. The molecule has 0 radical (unpaired) electrons. The molecule has 5 rings (SSSR count). The zero-order chi connectivity index (χ0) is 24.5. The molecule has 0 bridgehead atoms. The number of rotatable bonds is 6. The highest BCUT2D eigenvalue weighted by atomic mass is 16.1. The van der Waals surface area contributed by atoms with Crippen LogP contribution >= 0.6 is 0 Å². The van der Waals surface area contributed by atoms with Gasteiger partial charge in [-0.2, -0.15) is 15.5 Å². The number of pyridine rings is 2. The summed E-state index contributed by atoms with van der Waals surface area (Å²) in [5.74, 6) is -0.279. The minimum absolute atomic E-state index is 0.206. The zero-order valence-electron chi connectivity index (χ0n) is 19.6. The largest absolute Gasteiger partial charge is 0.370 e. The van der Waals surface area contributed by atoms with Crippen LogP contribution in [0.2, 0.25) is 0 Å². The molecule has 4 aromatic rings. The Morgan fingerprint density at radius 2 is 1.97 bits per heavy atom. The minimum atomic E-state index is -0.571. The first kappa shape index (κ1) is 22.3. The molecule has 1 saturated heterocycles. The van der Waals surface area contributed by atoms with Crippen LogP contribution in [0, 0.1) is 11.3 Å². The van der Waals surface area contributed by atoms with Crippen LogP contribution in [-0.4, -0.2) is 43.4 Å². The Balaban J connectivity index is 1.41. The number of aromatic nitrogens is 5. The summed E-state index contributed by atoms with van der Waals surface area (Å²) in [5.41, 5.74) is 11.7. The van der Waals surface area contributed by atoms with Crippen molar-refractivity contribution in [1.82, 2.24) is 24.4 Å². The number of hydrogen-bond donors (Lipinski definition) is 1. The molecular formula is C26H26N8O. The molecule has 0 saturated carbocycles. The molecule has 2 N–H and O–H groups in total. The second-order valence-electron chi connectivity index (χ2n) is 8.74. The average Bonchev–Trinajstić information content (AvgIpc) is 3.55. The van der Waals surface area contributed by atoms with E-state index in [1.165, 1.54) is 0 Å². The van der Waals surface area contributed by atoms with Crippen molar-refractivity contribution in [3.05, 3.63) is 72.6 Å². The molecule has 35 heavy (non-hydrogen) atoms. The molecule has 9 nitrogen and oxygen atoms in total. The Labute approximate surface area is 203 Å². The van der Waals surface area contributed by atoms with E-state index in [9.17, 15) is 10.1 Å². The molecule has 4 aromatic heterocycles. The maximum absolute atomic E-state index is 11.3. The third kappa shape index (κ3) is 4.15. The van der Waals surface area contributed by atoms with Crippen LogP contribution in [0.3, 0.4) is 0 Å². The predicted octanol–water partition coefficient (Wildman–Crippen LogP) is 3.37. The van der Waals surface area contributed by atoms with Crippen molar-refractivity contribution in [3.8, 4) is 17.2 Å². The van der Waals surface area contributed by atoms with Gasteiger partial charge >= 0.3 is 0 Å². The first-order valence-corrected chi connectivity index (χ1v) is 11.6. The summed E-state index contributed by atoms with van der Waals surface area (Å²) < 4.78 is 3.73. The number of fused-ring (bicyclic) bond motifs is 1. The molecule has 0 aromatic carbocycles. The maximum atomic E-state index is 11.3. The summed E-state index contributed by atoms with van der Waals surface area (Å²) in [6.07, 6.45) is 11.1. The molecule has 0 unspecified atom stereocenters. The van der Waals surface area contributed by atoms with Crippen LogP contribution in [0.4, 0.5) is 5.69 Å². The number of aryl methyl sites for hydroxylation is 1. The van der Waals surface area contributed by atoms with Crippen LogP contribution in [0.5, 0.6) is 0 Å². The normalized spacial score (nSPS) is 14.2. The minimum Gasteiger partial charge on any atom is -0.370 e. The van der Waals surface area contributed by atoms with Crippen LogP contribution in [0.15, 0.2) is 55.8 Å². The highest BCUT2D eigenvalue weighted by molar-refractivity contribution is 6.17. The second kappa shape index (κ2) is 9.06. The fourth-order valence-corrected chi connectivity index (χ4v) is 4.72. The summed E-state index contributed by atoms with van der Waals surface area (Å²) >= 11 is 0. The van der Waals surface area contributed by atoms with E-state index in [4.69, 9.17) is 5.73 Å². The van der Waals surface area contributed by atoms with Crippen molar-refractivity contribution < 1.29 is 4.79 Å². The number of piperidine rings is 1. The van der Waals surface area contributed by atoms with Gasteiger partial charge in [0.25, 0.3) is 0 Å². The van der Waals surface area contributed by atoms with Crippen molar-refractivity contribution >= 4 is 22.7 Å². The van der Waals surface area contributed by atoms with Crippen molar-refractivity contribution in [2.75, 3.05) is 18.0 Å². The molecule has 0 spiro atoms. The third-order valence-electron chi connectivity index (χ3n) is 6.71. The van der Waals surface area contributed by atoms with E-state index in [2.05, 4.69) is 45.7 Å². The van der Waals surface area contributed by atoms with Gasteiger partial charge in [0.2, 0.25) is 5.91 Å². The quantitative estimate of drug-likeness (QED) is 0.435. The number of anilines is 1. The lowest BCUT2D eigenvalue weighted by Gasteiger charge is -2.34. The molecule has 5 heterocycles. The lowest BCUT2D eigenvalue weighted by atomic mass is 9.87. The molecule has 1 aliphatic heterocycles. The second-order valence-corrected chi connectivity index (χ2v) is 8.74. The molecule has 1 aliphatic rings. The van der Waals surface area contributed by atoms with Gasteiger partial charge in [-0.3, -0.25) is 14.5 Å². The predicted molar refractivity (Wildman–Crippen MR) is 133 cm³/mol. The monoisotopic (exact) mass is 466 g/mol. The van der Waals surface area contributed by atoms with Gasteiger partial charge in [-0.25, -0.2) is 4.52 Å². The smallest absolute Gasteiger partial charge is 0.250 e. The Morgan fingerprint density at radius 3 is 2.60 bits per heavy atom. The first-order chi connectivity index (χ1) is 17.0. The Kier molecular flexibility index (Phi) is 5.79. The Morgan fingerprint density at radius 1 is 1.17 bits per heavy atom. The molecule has 0 atom stereocenters. The van der Waals surface area contributed by atoms with E-state index >= 15 is 0 Å². The number of nitrogens with zero attached hydrogens (tertiary/aromatic N) is 7. The van der Waals surface area contributed by atoms with E-state index < -0.39 is 5.91 Å². The summed E-state index contributed by atoms with van der Waals surface area (Å²) in [4.78, 5) is 18.0. The van der Waals surface area contributed by atoms with Crippen molar-refractivity contribution in [2.45, 2.75) is 32.2 Å².